The van der Waals surface area contributed by atoms with Gasteiger partial charge in [-0.25, -0.2) is 0 Å². The van der Waals surface area contributed by atoms with Gasteiger partial charge in [-0.05, 0) is 6.07 Å². The number of rotatable bonds is 5. The molecule has 0 saturated carbocycles. The number of methoxy groups -OCH3 is 3. The predicted molar refractivity (Wildman–Crippen MR) is 90.9 cm³/mol. The van der Waals surface area contributed by atoms with Crippen molar-refractivity contribution >= 4 is 10.1 Å². The Labute approximate surface area is 146 Å². The molecule has 0 aromatic heterocycles. The van der Waals surface area contributed by atoms with Crippen molar-refractivity contribution in [3.8, 4) is 34.5 Å². The summed E-state index contributed by atoms with van der Waals surface area (Å²) in [6.45, 7) is 0. The van der Waals surface area contributed by atoms with Gasteiger partial charge in [0.25, 0.3) is 0 Å². The maximum Gasteiger partial charge on any atom is 0.306 e. The predicted octanol–water partition coefficient (Wildman–Crippen LogP) is 2.75. The van der Waals surface area contributed by atoms with Crippen molar-refractivity contribution in [3.63, 3.8) is 0 Å². The average Bonchev–Trinajstić information content (AvgIpc) is 2.57. The van der Waals surface area contributed by atoms with Crippen LogP contribution in [0.3, 0.4) is 0 Å². The third kappa shape index (κ3) is 3.43. The van der Waals surface area contributed by atoms with E-state index in [9.17, 15) is 8.42 Å². The highest BCUT2D eigenvalue weighted by molar-refractivity contribution is 7.86. The SMILES string of the molecule is COc1cc(OC)c2c(c1)Oc1cc(OC)c(OS(C)(=O)=O)cc1C2. The molecule has 0 unspecified atom stereocenters. The van der Waals surface area contributed by atoms with Crippen LogP contribution in [0.2, 0.25) is 0 Å². The molecule has 134 valence electrons. The summed E-state index contributed by atoms with van der Waals surface area (Å²) in [7, 11) is 0.881. The smallest absolute Gasteiger partial charge is 0.306 e. The van der Waals surface area contributed by atoms with E-state index in [-0.39, 0.29) is 11.5 Å². The molecule has 1 heterocycles. The van der Waals surface area contributed by atoms with E-state index in [1.807, 2.05) is 0 Å². The molecule has 7 nitrogen and oxygen atoms in total. The standard InChI is InChI=1S/C17H18O7S/c1-20-11-7-14(21-2)12-5-10-6-17(24-25(4,18)19)16(22-3)9-13(10)23-15(12)8-11/h6-9H,5H2,1-4H3. The second-order valence-electron chi connectivity index (χ2n) is 5.48. The number of hydrogen-bond donors (Lipinski definition) is 0. The molecule has 3 rings (SSSR count). The molecule has 0 amide bonds. The van der Waals surface area contributed by atoms with Crippen LogP contribution in [0.15, 0.2) is 24.3 Å². The van der Waals surface area contributed by atoms with E-state index in [1.165, 1.54) is 7.11 Å². The van der Waals surface area contributed by atoms with Gasteiger partial charge in [0.2, 0.25) is 0 Å². The van der Waals surface area contributed by atoms with Crippen LogP contribution < -0.4 is 23.1 Å². The van der Waals surface area contributed by atoms with Crippen molar-refractivity contribution < 1.29 is 31.5 Å². The molecule has 0 spiro atoms. The maximum atomic E-state index is 11.5. The van der Waals surface area contributed by atoms with Gasteiger partial charge in [-0.1, -0.05) is 0 Å². The van der Waals surface area contributed by atoms with E-state index in [1.54, 1.807) is 38.5 Å². The highest BCUT2D eigenvalue weighted by atomic mass is 32.2. The van der Waals surface area contributed by atoms with Crippen molar-refractivity contribution in [1.29, 1.82) is 0 Å². The molecule has 0 fully saturated rings. The number of fused-ring (bicyclic) bond motifs is 2. The summed E-state index contributed by atoms with van der Waals surface area (Å²) in [6, 6.07) is 6.74. The van der Waals surface area contributed by atoms with Crippen LogP contribution in [-0.2, 0) is 16.5 Å². The minimum Gasteiger partial charge on any atom is -0.496 e. The van der Waals surface area contributed by atoms with Crippen LogP contribution in [0.4, 0.5) is 0 Å². The van der Waals surface area contributed by atoms with Gasteiger partial charge in [0, 0.05) is 35.7 Å². The summed E-state index contributed by atoms with van der Waals surface area (Å²) in [4.78, 5) is 0. The highest BCUT2D eigenvalue weighted by Crippen LogP contribution is 2.46. The lowest BCUT2D eigenvalue weighted by atomic mass is 9.98. The molecular formula is C17H18O7S. The molecule has 1 aliphatic heterocycles. The van der Waals surface area contributed by atoms with E-state index in [2.05, 4.69) is 0 Å². The molecule has 0 N–H and O–H groups in total. The van der Waals surface area contributed by atoms with E-state index in [4.69, 9.17) is 23.1 Å². The first kappa shape index (κ1) is 17.2. The average molecular weight is 366 g/mol. The summed E-state index contributed by atoms with van der Waals surface area (Å²) < 4.78 is 49.8. The lowest BCUT2D eigenvalue weighted by Crippen LogP contribution is -2.10. The Morgan fingerprint density at radius 1 is 0.880 bits per heavy atom. The van der Waals surface area contributed by atoms with E-state index in [0.717, 1.165) is 17.4 Å². The summed E-state index contributed by atoms with van der Waals surface area (Å²) in [5.74, 6) is 2.79. The first-order valence-electron chi connectivity index (χ1n) is 7.37. The van der Waals surface area contributed by atoms with Gasteiger partial charge < -0.3 is 23.1 Å². The molecule has 0 atom stereocenters. The van der Waals surface area contributed by atoms with Crippen molar-refractivity contribution in [1.82, 2.24) is 0 Å². The molecule has 0 aliphatic carbocycles. The van der Waals surface area contributed by atoms with Crippen LogP contribution >= 0.6 is 0 Å². The van der Waals surface area contributed by atoms with Crippen LogP contribution in [0.1, 0.15) is 11.1 Å². The Bertz CT molecular complexity index is 919. The Morgan fingerprint density at radius 2 is 1.60 bits per heavy atom. The van der Waals surface area contributed by atoms with Crippen molar-refractivity contribution in [2.45, 2.75) is 6.42 Å². The number of hydrogen-bond acceptors (Lipinski definition) is 7. The lowest BCUT2D eigenvalue weighted by Gasteiger charge is -2.24. The molecule has 2 aromatic carbocycles. The van der Waals surface area contributed by atoms with Crippen LogP contribution in [0.5, 0.6) is 34.5 Å². The fraction of sp³-hybridized carbons (Fsp3) is 0.294. The molecule has 0 radical (unpaired) electrons. The number of ether oxygens (including phenoxy) is 4. The molecule has 25 heavy (non-hydrogen) atoms. The molecule has 0 bridgehead atoms. The van der Waals surface area contributed by atoms with Gasteiger partial charge >= 0.3 is 10.1 Å². The van der Waals surface area contributed by atoms with Crippen molar-refractivity contribution in [2.75, 3.05) is 27.6 Å². The van der Waals surface area contributed by atoms with Gasteiger partial charge in [-0.15, -0.1) is 0 Å². The van der Waals surface area contributed by atoms with E-state index in [0.29, 0.717) is 29.4 Å². The first-order chi connectivity index (χ1) is 11.8. The molecule has 0 saturated heterocycles. The summed E-state index contributed by atoms with van der Waals surface area (Å²) >= 11 is 0. The molecule has 8 heteroatoms. The first-order valence-corrected chi connectivity index (χ1v) is 9.19. The van der Waals surface area contributed by atoms with Crippen LogP contribution in [0.25, 0.3) is 0 Å². The molecular weight excluding hydrogens is 348 g/mol. The lowest BCUT2D eigenvalue weighted by molar-refractivity contribution is 0.372. The minimum absolute atomic E-state index is 0.114. The summed E-state index contributed by atoms with van der Waals surface area (Å²) in [5.41, 5.74) is 1.60. The minimum atomic E-state index is -3.68. The van der Waals surface area contributed by atoms with E-state index >= 15 is 0 Å². The molecule has 1 aliphatic rings. The highest BCUT2D eigenvalue weighted by Gasteiger charge is 2.25. The Hall–Kier alpha value is -2.61. The Kier molecular flexibility index (Phi) is 4.38. The van der Waals surface area contributed by atoms with Crippen molar-refractivity contribution in [2.24, 2.45) is 0 Å². The van der Waals surface area contributed by atoms with E-state index < -0.39 is 10.1 Å². The normalized spacial score (nSPS) is 12.5. The van der Waals surface area contributed by atoms with Gasteiger partial charge in [-0.3, -0.25) is 0 Å². The Balaban J connectivity index is 2.08. The summed E-state index contributed by atoms with van der Waals surface area (Å²) in [5, 5.41) is 0. The third-order valence-corrected chi connectivity index (χ3v) is 4.25. The monoisotopic (exact) mass is 366 g/mol. The van der Waals surface area contributed by atoms with Gasteiger partial charge in [0.05, 0.1) is 27.6 Å². The second-order valence-corrected chi connectivity index (χ2v) is 7.06. The van der Waals surface area contributed by atoms with Crippen molar-refractivity contribution in [3.05, 3.63) is 35.4 Å². The van der Waals surface area contributed by atoms with Gasteiger partial charge in [0.1, 0.15) is 23.0 Å². The largest absolute Gasteiger partial charge is 0.496 e. The zero-order valence-electron chi connectivity index (χ0n) is 14.3. The summed E-state index contributed by atoms with van der Waals surface area (Å²) in [6.07, 6.45) is 1.47. The topological polar surface area (TPSA) is 80.3 Å². The zero-order valence-corrected chi connectivity index (χ0v) is 15.1. The quantitative estimate of drug-likeness (QED) is 0.642. The molecule has 2 aromatic rings. The van der Waals surface area contributed by atoms with Gasteiger partial charge in [-0.2, -0.15) is 8.42 Å². The van der Waals surface area contributed by atoms with Crippen LogP contribution in [0, 0.1) is 0 Å². The number of benzene rings is 2. The Morgan fingerprint density at radius 3 is 2.20 bits per heavy atom. The second kappa shape index (κ2) is 6.36. The zero-order chi connectivity index (χ0) is 18.2. The fourth-order valence-electron chi connectivity index (χ4n) is 2.67. The third-order valence-electron chi connectivity index (χ3n) is 3.77. The van der Waals surface area contributed by atoms with Crippen LogP contribution in [-0.4, -0.2) is 36.0 Å². The van der Waals surface area contributed by atoms with Gasteiger partial charge in [0.15, 0.2) is 11.5 Å². The maximum absolute atomic E-state index is 11.5. The fourth-order valence-corrected chi connectivity index (χ4v) is 3.13.